The van der Waals surface area contributed by atoms with Gasteiger partial charge in [0.05, 0.1) is 0 Å². The predicted molar refractivity (Wildman–Crippen MR) is 84.5 cm³/mol. The number of sulfonamides is 1. The van der Waals surface area contributed by atoms with E-state index in [0.29, 0.717) is 36.5 Å². The third-order valence-corrected chi connectivity index (χ3v) is 5.83. The van der Waals surface area contributed by atoms with Gasteiger partial charge in [0, 0.05) is 44.6 Å². The molecule has 0 aromatic carbocycles. The summed E-state index contributed by atoms with van der Waals surface area (Å²) in [6.45, 7) is 7.94. The lowest BCUT2D eigenvalue weighted by Gasteiger charge is -2.19. The van der Waals surface area contributed by atoms with Gasteiger partial charge in [0.15, 0.2) is 0 Å². The molecule has 6 heteroatoms. The number of hydrogen-bond acceptors (Lipinski definition) is 3. The Morgan fingerprint density at radius 1 is 1.43 bits per heavy atom. The van der Waals surface area contributed by atoms with Gasteiger partial charge in [-0.05, 0) is 24.8 Å². The maximum absolute atomic E-state index is 12.7. The summed E-state index contributed by atoms with van der Waals surface area (Å²) in [4.78, 5) is 0.410. The van der Waals surface area contributed by atoms with Gasteiger partial charge >= 0.3 is 0 Å². The van der Waals surface area contributed by atoms with Gasteiger partial charge in [0.1, 0.15) is 4.90 Å². The Kier molecular flexibility index (Phi) is 5.11. The zero-order chi connectivity index (χ0) is 15.6. The Hall–Kier alpha value is -0.850. The summed E-state index contributed by atoms with van der Waals surface area (Å²) in [5, 5.41) is 3.32. The molecular formula is C15H27N3O2S. The van der Waals surface area contributed by atoms with E-state index in [2.05, 4.69) is 19.2 Å². The van der Waals surface area contributed by atoms with Crippen LogP contribution in [0.3, 0.4) is 0 Å². The molecule has 0 unspecified atom stereocenters. The molecule has 1 saturated carbocycles. The van der Waals surface area contributed by atoms with Gasteiger partial charge in [-0.25, -0.2) is 8.42 Å². The predicted octanol–water partition coefficient (Wildman–Crippen LogP) is 1.94. The van der Waals surface area contributed by atoms with Crippen LogP contribution in [0.15, 0.2) is 17.2 Å². The lowest BCUT2D eigenvalue weighted by atomic mass is 10.3. The van der Waals surface area contributed by atoms with Crippen molar-refractivity contribution in [1.29, 1.82) is 0 Å². The minimum atomic E-state index is -3.36. The highest BCUT2D eigenvalue weighted by Gasteiger charge is 2.31. The van der Waals surface area contributed by atoms with E-state index in [-0.39, 0.29) is 0 Å². The lowest BCUT2D eigenvalue weighted by Crippen LogP contribution is -2.32. The lowest BCUT2D eigenvalue weighted by molar-refractivity contribution is 0.412. The quantitative estimate of drug-likeness (QED) is 0.798. The minimum absolute atomic E-state index is 0.377. The van der Waals surface area contributed by atoms with Gasteiger partial charge in [0.25, 0.3) is 0 Å². The number of nitrogens with one attached hydrogen (secondary N) is 1. The molecule has 120 valence electrons. The molecular weight excluding hydrogens is 286 g/mol. The molecule has 5 nitrogen and oxygen atoms in total. The smallest absolute Gasteiger partial charge is 0.244 e. The van der Waals surface area contributed by atoms with E-state index in [9.17, 15) is 8.42 Å². The van der Waals surface area contributed by atoms with Gasteiger partial charge in [-0.1, -0.05) is 20.8 Å². The first-order chi connectivity index (χ1) is 9.84. The molecule has 2 rings (SSSR count). The van der Waals surface area contributed by atoms with Crippen molar-refractivity contribution in [2.45, 2.75) is 51.1 Å². The van der Waals surface area contributed by atoms with Crippen LogP contribution in [-0.4, -0.2) is 36.4 Å². The summed E-state index contributed by atoms with van der Waals surface area (Å²) in [5.74, 6) is 0.561. The van der Waals surface area contributed by atoms with Crippen LogP contribution in [0.25, 0.3) is 0 Å². The maximum atomic E-state index is 12.7. The van der Waals surface area contributed by atoms with E-state index in [4.69, 9.17) is 0 Å². The third-order valence-electron chi connectivity index (χ3n) is 3.92. The Bertz CT molecular complexity index is 574. The Balaban J connectivity index is 2.16. The molecule has 21 heavy (non-hydrogen) atoms. The first-order valence-corrected chi connectivity index (χ1v) is 9.17. The van der Waals surface area contributed by atoms with Gasteiger partial charge in [-0.15, -0.1) is 0 Å². The monoisotopic (exact) mass is 313 g/mol. The number of rotatable bonds is 8. The number of hydrogen-bond donors (Lipinski definition) is 1. The molecule has 1 aromatic heterocycles. The van der Waals surface area contributed by atoms with Crippen molar-refractivity contribution < 1.29 is 8.42 Å². The zero-order valence-corrected chi connectivity index (χ0v) is 14.3. The number of aryl methyl sites for hydroxylation is 1. The summed E-state index contributed by atoms with van der Waals surface area (Å²) in [6, 6.07) is 2.17. The van der Waals surface area contributed by atoms with E-state index in [1.165, 1.54) is 0 Å². The van der Waals surface area contributed by atoms with Crippen molar-refractivity contribution in [2.75, 3.05) is 13.1 Å². The molecule has 0 saturated heterocycles. The van der Waals surface area contributed by atoms with Crippen LogP contribution in [0.5, 0.6) is 0 Å². The van der Waals surface area contributed by atoms with E-state index in [1.807, 2.05) is 18.5 Å². The number of aromatic nitrogens is 1. The first-order valence-electron chi connectivity index (χ1n) is 7.73. The molecule has 0 aliphatic heterocycles. The molecule has 0 atom stereocenters. The summed E-state index contributed by atoms with van der Waals surface area (Å²) >= 11 is 0. The van der Waals surface area contributed by atoms with Gasteiger partial charge in [0.2, 0.25) is 10.0 Å². The highest BCUT2D eigenvalue weighted by atomic mass is 32.2. The van der Waals surface area contributed by atoms with E-state index in [0.717, 1.165) is 18.5 Å². The van der Waals surface area contributed by atoms with Gasteiger partial charge < -0.3 is 9.88 Å². The summed E-state index contributed by atoms with van der Waals surface area (Å²) in [6.07, 6.45) is 4.04. The molecule has 0 amide bonds. The summed E-state index contributed by atoms with van der Waals surface area (Å²) in [7, 11) is -1.47. The molecule has 0 bridgehead atoms. The van der Waals surface area contributed by atoms with Crippen LogP contribution in [0, 0.1) is 5.92 Å². The van der Waals surface area contributed by atoms with Crippen molar-refractivity contribution >= 4 is 10.0 Å². The molecule has 0 radical (unpaired) electrons. The molecule has 1 aliphatic carbocycles. The molecule has 0 spiro atoms. The largest absolute Gasteiger partial charge is 0.352 e. The SMILES string of the molecule is CCN(CC1CC1)S(=O)(=O)c1cc(CNC(C)C)n(C)c1. The molecule has 1 heterocycles. The standard InChI is InChI=1S/C15H27N3O2S/c1-5-18(10-13-6-7-13)21(19,20)15-8-14(17(4)11-15)9-16-12(2)3/h8,11-13,16H,5-7,9-10H2,1-4H3. The summed E-state index contributed by atoms with van der Waals surface area (Å²) < 4.78 is 29.0. The van der Waals surface area contributed by atoms with E-state index < -0.39 is 10.0 Å². The van der Waals surface area contributed by atoms with Gasteiger partial charge in [-0.2, -0.15) is 4.31 Å². The molecule has 1 N–H and O–H groups in total. The van der Waals surface area contributed by atoms with Crippen LogP contribution in [0.2, 0.25) is 0 Å². The topological polar surface area (TPSA) is 54.3 Å². The second kappa shape index (κ2) is 6.50. The molecule has 1 aliphatic rings. The molecule has 1 fully saturated rings. The Labute approximate surface area is 128 Å². The van der Waals surface area contributed by atoms with Crippen LogP contribution in [0.1, 0.15) is 39.3 Å². The maximum Gasteiger partial charge on any atom is 0.244 e. The fourth-order valence-electron chi connectivity index (χ4n) is 2.34. The van der Waals surface area contributed by atoms with Crippen molar-refractivity contribution in [2.24, 2.45) is 13.0 Å². The molecule has 1 aromatic rings. The van der Waals surface area contributed by atoms with Crippen molar-refractivity contribution in [3.8, 4) is 0 Å². The van der Waals surface area contributed by atoms with Crippen LogP contribution >= 0.6 is 0 Å². The first kappa shape index (κ1) is 16.5. The highest BCUT2D eigenvalue weighted by Crippen LogP contribution is 2.31. The minimum Gasteiger partial charge on any atom is -0.352 e. The van der Waals surface area contributed by atoms with Crippen LogP contribution in [-0.2, 0) is 23.6 Å². The van der Waals surface area contributed by atoms with Crippen molar-refractivity contribution in [3.05, 3.63) is 18.0 Å². The highest BCUT2D eigenvalue weighted by molar-refractivity contribution is 7.89. The normalized spacial score (nSPS) is 16.1. The Morgan fingerprint density at radius 3 is 2.62 bits per heavy atom. The fraction of sp³-hybridized carbons (Fsp3) is 0.733. The average Bonchev–Trinajstić information content (AvgIpc) is 3.15. The Morgan fingerprint density at radius 2 is 2.10 bits per heavy atom. The van der Waals surface area contributed by atoms with Crippen LogP contribution in [0.4, 0.5) is 0 Å². The van der Waals surface area contributed by atoms with Crippen LogP contribution < -0.4 is 5.32 Å². The van der Waals surface area contributed by atoms with E-state index in [1.54, 1.807) is 16.6 Å². The second-order valence-electron chi connectivity index (χ2n) is 6.21. The zero-order valence-electron chi connectivity index (χ0n) is 13.5. The van der Waals surface area contributed by atoms with E-state index >= 15 is 0 Å². The van der Waals surface area contributed by atoms with Crippen molar-refractivity contribution in [3.63, 3.8) is 0 Å². The summed E-state index contributed by atoms with van der Waals surface area (Å²) in [5.41, 5.74) is 0.991. The van der Waals surface area contributed by atoms with Gasteiger partial charge in [-0.3, -0.25) is 0 Å². The van der Waals surface area contributed by atoms with Crippen molar-refractivity contribution in [1.82, 2.24) is 14.2 Å². The third kappa shape index (κ3) is 4.08. The number of nitrogens with zero attached hydrogens (tertiary/aromatic N) is 2. The fourth-order valence-corrected chi connectivity index (χ4v) is 3.96. The average molecular weight is 313 g/mol. The second-order valence-corrected chi connectivity index (χ2v) is 8.15.